The molecule has 5 rings (SSSR count). The van der Waals surface area contributed by atoms with Crippen molar-refractivity contribution in [1.82, 2.24) is 20.0 Å². The van der Waals surface area contributed by atoms with Gasteiger partial charge in [-0.05, 0) is 17.5 Å². The normalized spacial score (nSPS) is 23.7. The van der Waals surface area contributed by atoms with E-state index in [1.54, 1.807) is 4.90 Å². The largest absolute Gasteiger partial charge is 0.439 e. The first-order chi connectivity index (χ1) is 16.2. The maximum atomic E-state index is 13.4. The molecule has 3 atom stereocenters. The van der Waals surface area contributed by atoms with Gasteiger partial charge in [0.15, 0.2) is 6.10 Å². The van der Waals surface area contributed by atoms with Gasteiger partial charge in [-0.1, -0.05) is 72.8 Å². The van der Waals surface area contributed by atoms with Crippen molar-refractivity contribution in [1.29, 1.82) is 0 Å². The third kappa shape index (κ3) is 4.73. The highest BCUT2D eigenvalue weighted by Crippen LogP contribution is 2.34. The van der Waals surface area contributed by atoms with Crippen LogP contribution in [0.2, 0.25) is 0 Å². The van der Waals surface area contributed by atoms with E-state index < -0.39 is 0 Å². The van der Waals surface area contributed by atoms with Gasteiger partial charge in [-0.15, -0.1) is 0 Å². The molecule has 3 amide bonds. The lowest BCUT2D eigenvalue weighted by Crippen LogP contribution is -2.57. The highest BCUT2D eigenvalue weighted by molar-refractivity contribution is 5.76. The minimum Gasteiger partial charge on any atom is -0.439 e. The number of piperazine rings is 1. The fourth-order valence-electron chi connectivity index (χ4n) is 4.94. The summed E-state index contributed by atoms with van der Waals surface area (Å²) in [5.74, 6) is 0. The van der Waals surface area contributed by atoms with Crippen LogP contribution >= 0.6 is 0 Å². The van der Waals surface area contributed by atoms with Crippen molar-refractivity contribution in [2.45, 2.75) is 24.6 Å². The standard InChI is InChI=1S/C26H30N4O3/c31-25(27-22(20-10-4-1-5-11-20)18-28-14-8-3-9-15-28)29-16-17-30-23(19-29)24(33-26(30)32)21-12-6-2-7-13-21/h1-8,10-13,22-24H,9,14-19H2,(H,27,31). The molecule has 2 saturated heterocycles. The van der Waals surface area contributed by atoms with Gasteiger partial charge in [0, 0.05) is 39.3 Å². The Labute approximate surface area is 194 Å². The van der Waals surface area contributed by atoms with Crippen LogP contribution in [0.25, 0.3) is 0 Å². The molecule has 1 N–H and O–H groups in total. The third-order valence-electron chi connectivity index (χ3n) is 6.73. The number of cyclic esters (lactones) is 1. The molecule has 0 aromatic heterocycles. The summed E-state index contributed by atoms with van der Waals surface area (Å²) in [7, 11) is 0. The molecule has 2 aromatic carbocycles. The molecule has 2 fully saturated rings. The Bertz CT molecular complexity index is 997. The lowest BCUT2D eigenvalue weighted by Gasteiger charge is -2.38. The van der Waals surface area contributed by atoms with Crippen molar-refractivity contribution in [2.24, 2.45) is 0 Å². The van der Waals surface area contributed by atoms with Crippen LogP contribution < -0.4 is 5.32 Å². The van der Waals surface area contributed by atoms with Gasteiger partial charge in [-0.3, -0.25) is 9.80 Å². The molecule has 172 valence electrons. The van der Waals surface area contributed by atoms with Crippen molar-refractivity contribution < 1.29 is 14.3 Å². The number of fused-ring (bicyclic) bond motifs is 1. The fraction of sp³-hybridized carbons (Fsp3) is 0.385. The summed E-state index contributed by atoms with van der Waals surface area (Å²) in [4.78, 5) is 31.8. The summed E-state index contributed by atoms with van der Waals surface area (Å²) in [6, 6.07) is 19.5. The predicted octanol–water partition coefficient (Wildman–Crippen LogP) is 3.58. The number of hydrogen-bond donors (Lipinski definition) is 1. The number of rotatable bonds is 5. The molecule has 0 spiro atoms. The average molecular weight is 447 g/mol. The minimum atomic E-state index is -0.362. The van der Waals surface area contributed by atoms with E-state index in [1.807, 2.05) is 53.4 Å². The summed E-state index contributed by atoms with van der Waals surface area (Å²) < 4.78 is 5.69. The Kier molecular flexibility index (Phi) is 6.30. The second-order valence-corrected chi connectivity index (χ2v) is 8.85. The SMILES string of the molecule is O=C(NC(CN1CC=CCC1)c1ccccc1)N1CCN2C(=O)OC(c3ccccc3)C2C1. The molecule has 0 saturated carbocycles. The molecule has 3 aliphatic heterocycles. The molecule has 2 aromatic rings. The number of amides is 3. The summed E-state index contributed by atoms with van der Waals surface area (Å²) in [6.45, 7) is 4.08. The monoisotopic (exact) mass is 446 g/mol. The van der Waals surface area contributed by atoms with Crippen LogP contribution in [0.15, 0.2) is 72.8 Å². The van der Waals surface area contributed by atoms with Crippen molar-refractivity contribution in [3.63, 3.8) is 0 Å². The highest BCUT2D eigenvalue weighted by atomic mass is 16.6. The summed E-state index contributed by atoms with van der Waals surface area (Å²) in [5.41, 5.74) is 2.06. The number of carbonyl (C=O) groups is 2. The molecule has 3 aliphatic rings. The van der Waals surface area contributed by atoms with Gasteiger partial charge in [0.2, 0.25) is 0 Å². The van der Waals surface area contributed by atoms with Crippen LogP contribution in [0.3, 0.4) is 0 Å². The Morgan fingerprint density at radius 2 is 1.76 bits per heavy atom. The Balaban J connectivity index is 1.29. The van der Waals surface area contributed by atoms with E-state index >= 15 is 0 Å². The van der Waals surface area contributed by atoms with E-state index in [2.05, 4.69) is 34.5 Å². The van der Waals surface area contributed by atoms with E-state index in [1.165, 1.54) is 0 Å². The van der Waals surface area contributed by atoms with Gasteiger partial charge in [-0.25, -0.2) is 9.59 Å². The summed E-state index contributed by atoms with van der Waals surface area (Å²) in [5, 5.41) is 3.27. The molecular weight excluding hydrogens is 416 g/mol. The second kappa shape index (κ2) is 9.67. The molecule has 7 heteroatoms. The lowest BCUT2D eigenvalue weighted by molar-refractivity contribution is 0.112. The van der Waals surface area contributed by atoms with Crippen LogP contribution in [0.1, 0.15) is 29.7 Å². The maximum absolute atomic E-state index is 13.4. The molecular formula is C26H30N4O3. The Hall–Kier alpha value is -3.32. The first-order valence-electron chi connectivity index (χ1n) is 11.7. The number of ether oxygens (including phenoxy) is 1. The zero-order valence-corrected chi connectivity index (χ0v) is 18.7. The van der Waals surface area contributed by atoms with Crippen molar-refractivity contribution in [3.8, 4) is 0 Å². The highest BCUT2D eigenvalue weighted by Gasteiger charge is 2.46. The zero-order chi connectivity index (χ0) is 22.6. The summed E-state index contributed by atoms with van der Waals surface area (Å²) in [6.07, 6.45) is 4.77. The van der Waals surface area contributed by atoms with Crippen LogP contribution in [0.4, 0.5) is 9.59 Å². The quantitative estimate of drug-likeness (QED) is 0.713. The lowest BCUT2D eigenvalue weighted by atomic mass is 10.00. The number of nitrogens with zero attached hydrogens (tertiary/aromatic N) is 3. The molecule has 33 heavy (non-hydrogen) atoms. The predicted molar refractivity (Wildman–Crippen MR) is 126 cm³/mol. The van der Waals surface area contributed by atoms with Crippen molar-refractivity contribution >= 4 is 12.1 Å². The topological polar surface area (TPSA) is 65.1 Å². The van der Waals surface area contributed by atoms with Crippen LogP contribution in [0, 0.1) is 0 Å². The van der Waals surface area contributed by atoms with Crippen LogP contribution in [0.5, 0.6) is 0 Å². The van der Waals surface area contributed by atoms with Crippen molar-refractivity contribution in [3.05, 3.63) is 83.9 Å². The Morgan fingerprint density at radius 1 is 1.00 bits per heavy atom. The number of carbonyl (C=O) groups excluding carboxylic acids is 2. The van der Waals surface area contributed by atoms with Gasteiger partial charge in [-0.2, -0.15) is 0 Å². The molecule has 3 unspecified atom stereocenters. The minimum absolute atomic E-state index is 0.0952. The van der Waals surface area contributed by atoms with Gasteiger partial charge >= 0.3 is 12.1 Å². The van der Waals surface area contributed by atoms with E-state index in [0.717, 1.165) is 37.2 Å². The molecule has 7 nitrogen and oxygen atoms in total. The zero-order valence-electron chi connectivity index (χ0n) is 18.7. The van der Waals surface area contributed by atoms with Gasteiger partial charge in [0.25, 0.3) is 0 Å². The molecule has 0 radical (unpaired) electrons. The number of hydrogen-bond acceptors (Lipinski definition) is 4. The van der Waals surface area contributed by atoms with Crippen molar-refractivity contribution in [2.75, 3.05) is 39.3 Å². The number of benzene rings is 2. The first kappa shape index (κ1) is 21.5. The Morgan fingerprint density at radius 3 is 2.48 bits per heavy atom. The fourth-order valence-corrected chi connectivity index (χ4v) is 4.94. The van der Waals surface area contributed by atoms with E-state index in [4.69, 9.17) is 4.74 Å². The van der Waals surface area contributed by atoms with E-state index in [9.17, 15) is 9.59 Å². The maximum Gasteiger partial charge on any atom is 0.410 e. The molecule has 0 aliphatic carbocycles. The first-order valence-corrected chi connectivity index (χ1v) is 11.7. The molecule has 0 bridgehead atoms. The van der Waals surface area contributed by atoms with Gasteiger partial charge < -0.3 is 15.0 Å². The van der Waals surface area contributed by atoms with Gasteiger partial charge in [0.1, 0.15) is 0 Å². The smallest absolute Gasteiger partial charge is 0.410 e. The molecule has 3 heterocycles. The van der Waals surface area contributed by atoms with Crippen LogP contribution in [-0.4, -0.2) is 72.1 Å². The summed E-state index contributed by atoms with van der Waals surface area (Å²) >= 11 is 0. The van der Waals surface area contributed by atoms with Crippen LogP contribution in [-0.2, 0) is 4.74 Å². The third-order valence-corrected chi connectivity index (χ3v) is 6.73. The average Bonchev–Trinajstić information content (AvgIpc) is 3.21. The van der Waals surface area contributed by atoms with E-state index in [0.29, 0.717) is 19.6 Å². The second-order valence-electron chi connectivity index (χ2n) is 8.85. The number of urea groups is 1. The van der Waals surface area contributed by atoms with Gasteiger partial charge in [0.05, 0.1) is 12.1 Å². The van der Waals surface area contributed by atoms with E-state index in [-0.39, 0.29) is 30.3 Å². The number of nitrogens with one attached hydrogen (secondary N) is 1.